The molecule has 2 N–H and O–H groups in total. The number of hydrogen-bond donors (Lipinski definition) is 2. The van der Waals surface area contributed by atoms with E-state index < -0.39 is 5.97 Å². The number of aromatic nitrogens is 1. The molecule has 0 aliphatic carbocycles. The van der Waals surface area contributed by atoms with Gasteiger partial charge in [-0.2, -0.15) is 0 Å². The first-order valence-corrected chi connectivity index (χ1v) is 5.05. The zero-order valence-electron chi connectivity index (χ0n) is 9.06. The molecule has 1 aromatic heterocycles. The topological polar surface area (TPSA) is 75.4 Å². The summed E-state index contributed by atoms with van der Waals surface area (Å²) in [7, 11) is 0. The highest BCUT2D eigenvalue weighted by Gasteiger charge is 2.11. The minimum atomic E-state index is -1.10. The maximum atomic E-state index is 10.5. The number of nitrogens with one attached hydrogen (secondary N) is 1. The molecule has 0 aromatic carbocycles. The quantitative estimate of drug-likeness (QED) is 0.709. The van der Waals surface area contributed by atoms with Crippen LogP contribution >= 0.6 is 0 Å². The van der Waals surface area contributed by atoms with Crippen molar-refractivity contribution in [1.82, 2.24) is 10.5 Å². The normalized spacial score (nSPS) is 12.0. The number of rotatable bonds is 6. The molecule has 86 valence electrons. The molecule has 0 fully saturated rings. The number of carboxylic acids is 1. The van der Waals surface area contributed by atoms with Crippen LogP contribution in [0.5, 0.6) is 0 Å². The number of carbonyl (C=O) groups is 1. The van der Waals surface area contributed by atoms with E-state index in [-0.39, 0.29) is 11.7 Å². The Bertz CT molecular complexity index is 392. The molecule has 5 nitrogen and oxygen atoms in total. The van der Waals surface area contributed by atoms with Crippen LogP contribution in [0, 0.1) is 12.3 Å². The third-order valence-corrected chi connectivity index (χ3v) is 2.08. The Balaban J connectivity index is 2.48. The lowest BCUT2D eigenvalue weighted by atomic mass is 10.2. The Morgan fingerprint density at radius 1 is 1.81 bits per heavy atom. The fourth-order valence-electron chi connectivity index (χ4n) is 1.25. The lowest BCUT2D eigenvalue weighted by molar-refractivity contribution is 0.0685. The number of nitrogens with zero attached hydrogens (tertiary/aromatic N) is 1. The molecule has 16 heavy (non-hydrogen) atoms. The molecule has 1 rings (SSSR count). The largest absolute Gasteiger partial charge is 0.476 e. The minimum Gasteiger partial charge on any atom is -0.476 e. The van der Waals surface area contributed by atoms with Gasteiger partial charge in [0, 0.05) is 6.07 Å². The number of hydrogen-bond acceptors (Lipinski definition) is 4. The maximum Gasteiger partial charge on any atom is 0.358 e. The highest BCUT2D eigenvalue weighted by Crippen LogP contribution is 2.04. The first kappa shape index (κ1) is 12.3. The van der Waals surface area contributed by atoms with Crippen LogP contribution in [0.15, 0.2) is 10.6 Å². The average molecular weight is 222 g/mol. The van der Waals surface area contributed by atoms with Crippen LogP contribution in [0.1, 0.15) is 36.0 Å². The van der Waals surface area contributed by atoms with Gasteiger partial charge in [0.05, 0.1) is 12.6 Å². The molecule has 0 radical (unpaired) electrons. The van der Waals surface area contributed by atoms with Crippen LogP contribution in [-0.4, -0.2) is 22.3 Å². The summed E-state index contributed by atoms with van der Waals surface area (Å²) in [5, 5.41) is 15.1. The molecule has 1 unspecified atom stereocenters. The second-order valence-electron chi connectivity index (χ2n) is 3.37. The summed E-state index contributed by atoms with van der Waals surface area (Å²) < 4.78 is 4.84. The molecule has 1 atom stereocenters. The Morgan fingerprint density at radius 3 is 3.06 bits per heavy atom. The molecular formula is C11H14N2O3. The van der Waals surface area contributed by atoms with Gasteiger partial charge in [-0.05, 0) is 6.42 Å². The summed E-state index contributed by atoms with van der Waals surface area (Å²) in [5.74, 6) is 1.98. The molecule has 0 bridgehead atoms. The van der Waals surface area contributed by atoms with Crippen LogP contribution < -0.4 is 5.32 Å². The van der Waals surface area contributed by atoms with Crippen molar-refractivity contribution in [3.05, 3.63) is 17.5 Å². The number of aromatic carboxylic acids is 1. The van der Waals surface area contributed by atoms with Gasteiger partial charge in [0.2, 0.25) is 0 Å². The van der Waals surface area contributed by atoms with Gasteiger partial charge in [-0.1, -0.05) is 24.4 Å². The predicted octanol–water partition coefficient (Wildman–Crippen LogP) is 1.26. The third-order valence-electron chi connectivity index (χ3n) is 2.08. The van der Waals surface area contributed by atoms with Gasteiger partial charge in [0.15, 0.2) is 11.5 Å². The average Bonchev–Trinajstić information content (AvgIpc) is 2.73. The fraction of sp³-hybridized carbons (Fsp3) is 0.455. The molecule has 0 amide bonds. The summed E-state index contributed by atoms with van der Waals surface area (Å²) >= 11 is 0. The molecule has 5 heteroatoms. The van der Waals surface area contributed by atoms with Gasteiger partial charge in [0.25, 0.3) is 0 Å². The van der Waals surface area contributed by atoms with Crippen LogP contribution in [0.25, 0.3) is 0 Å². The van der Waals surface area contributed by atoms with Gasteiger partial charge < -0.3 is 9.63 Å². The smallest absolute Gasteiger partial charge is 0.358 e. The molecule has 0 aliphatic heterocycles. The maximum absolute atomic E-state index is 10.5. The molecule has 0 saturated heterocycles. The minimum absolute atomic E-state index is 0.0246. The van der Waals surface area contributed by atoms with Crippen LogP contribution in [0.4, 0.5) is 0 Å². The van der Waals surface area contributed by atoms with E-state index in [4.69, 9.17) is 16.1 Å². The van der Waals surface area contributed by atoms with E-state index in [1.165, 1.54) is 6.07 Å². The molecule has 1 aromatic rings. The second kappa shape index (κ2) is 5.93. The van der Waals surface area contributed by atoms with Crippen molar-refractivity contribution in [3.63, 3.8) is 0 Å². The summed E-state index contributed by atoms with van der Waals surface area (Å²) in [6.45, 7) is 2.43. The van der Waals surface area contributed by atoms with E-state index in [0.29, 0.717) is 12.3 Å². The molecule has 0 saturated carbocycles. The van der Waals surface area contributed by atoms with Crippen molar-refractivity contribution >= 4 is 5.97 Å². The lowest BCUT2D eigenvalue weighted by Gasteiger charge is -2.09. The lowest BCUT2D eigenvalue weighted by Crippen LogP contribution is -2.26. The van der Waals surface area contributed by atoms with Gasteiger partial charge in [0.1, 0.15) is 0 Å². The number of terminal acetylenes is 1. The SMILES string of the molecule is C#CC(CCC)NCc1cc(C(=O)O)no1. The van der Waals surface area contributed by atoms with E-state index in [9.17, 15) is 4.79 Å². The molecule has 0 aliphatic rings. The van der Waals surface area contributed by atoms with Gasteiger partial charge in [-0.15, -0.1) is 6.42 Å². The number of carboxylic acid groups (broad SMARTS) is 1. The Kier molecular flexibility index (Phi) is 4.55. The summed E-state index contributed by atoms with van der Waals surface area (Å²) in [6, 6.07) is 1.36. The predicted molar refractivity (Wildman–Crippen MR) is 57.8 cm³/mol. The summed E-state index contributed by atoms with van der Waals surface area (Å²) in [4.78, 5) is 10.5. The first-order valence-electron chi connectivity index (χ1n) is 5.05. The van der Waals surface area contributed by atoms with Crippen LogP contribution in [-0.2, 0) is 6.54 Å². The van der Waals surface area contributed by atoms with Crippen molar-refractivity contribution in [2.24, 2.45) is 0 Å². The Labute approximate surface area is 93.8 Å². The van der Waals surface area contributed by atoms with Crippen LogP contribution in [0.3, 0.4) is 0 Å². The summed E-state index contributed by atoms with van der Waals surface area (Å²) in [6.07, 6.45) is 7.18. The van der Waals surface area contributed by atoms with Crippen molar-refractivity contribution < 1.29 is 14.4 Å². The monoisotopic (exact) mass is 222 g/mol. The standard InChI is InChI=1S/C11H14N2O3/c1-3-5-8(4-2)12-7-9-6-10(11(14)15)13-16-9/h2,6,8,12H,3,5,7H2,1H3,(H,14,15). The van der Waals surface area contributed by atoms with Gasteiger partial charge in [-0.25, -0.2) is 4.79 Å². The van der Waals surface area contributed by atoms with Crippen molar-refractivity contribution in [2.45, 2.75) is 32.4 Å². The van der Waals surface area contributed by atoms with Crippen molar-refractivity contribution in [1.29, 1.82) is 0 Å². The van der Waals surface area contributed by atoms with Gasteiger partial charge in [-0.3, -0.25) is 5.32 Å². The van der Waals surface area contributed by atoms with E-state index in [2.05, 4.69) is 16.4 Å². The highest BCUT2D eigenvalue weighted by atomic mass is 16.5. The third kappa shape index (κ3) is 3.41. The Morgan fingerprint density at radius 2 is 2.56 bits per heavy atom. The Hall–Kier alpha value is -1.80. The van der Waals surface area contributed by atoms with Crippen molar-refractivity contribution in [2.75, 3.05) is 0 Å². The zero-order valence-corrected chi connectivity index (χ0v) is 9.06. The fourth-order valence-corrected chi connectivity index (χ4v) is 1.25. The zero-order chi connectivity index (χ0) is 12.0. The van der Waals surface area contributed by atoms with E-state index in [1.807, 2.05) is 6.92 Å². The van der Waals surface area contributed by atoms with Crippen LogP contribution in [0.2, 0.25) is 0 Å². The van der Waals surface area contributed by atoms with Gasteiger partial charge >= 0.3 is 5.97 Å². The highest BCUT2D eigenvalue weighted by molar-refractivity contribution is 5.85. The molecular weight excluding hydrogens is 208 g/mol. The molecule has 1 heterocycles. The van der Waals surface area contributed by atoms with E-state index in [1.54, 1.807) is 0 Å². The van der Waals surface area contributed by atoms with E-state index in [0.717, 1.165) is 12.8 Å². The van der Waals surface area contributed by atoms with E-state index >= 15 is 0 Å². The molecule has 0 spiro atoms. The second-order valence-corrected chi connectivity index (χ2v) is 3.37. The van der Waals surface area contributed by atoms with Crippen molar-refractivity contribution in [3.8, 4) is 12.3 Å². The first-order chi connectivity index (χ1) is 7.67. The summed E-state index contributed by atoms with van der Waals surface area (Å²) in [5.41, 5.74) is -0.0930.